The van der Waals surface area contributed by atoms with Crippen molar-refractivity contribution in [3.8, 4) is 0 Å². The van der Waals surface area contributed by atoms with E-state index in [4.69, 9.17) is 0 Å². The molecule has 1 saturated carbocycles. The second kappa shape index (κ2) is 9.32. The van der Waals surface area contributed by atoms with E-state index in [-0.39, 0.29) is 17.3 Å². The van der Waals surface area contributed by atoms with E-state index in [1.807, 2.05) is 42.5 Å². The number of rotatable bonds is 7. The van der Waals surface area contributed by atoms with Gasteiger partial charge in [0.05, 0.1) is 17.7 Å². The molecular formula is C29H31FN2O2. The molecule has 1 heterocycles. The molecule has 2 N–H and O–H groups in total. The number of nitrogens with zero attached hydrogens (tertiary/aromatic N) is 1. The van der Waals surface area contributed by atoms with Crippen LogP contribution in [0.5, 0.6) is 0 Å². The van der Waals surface area contributed by atoms with Crippen LogP contribution >= 0.6 is 0 Å². The highest BCUT2D eigenvalue weighted by atomic mass is 19.1. The van der Waals surface area contributed by atoms with E-state index in [1.54, 1.807) is 12.1 Å². The average Bonchev–Trinajstić information content (AvgIpc) is 3.63. The third-order valence-corrected chi connectivity index (χ3v) is 7.32. The Labute approximate surface area is 200 Å². The van der Waals surface area contributed by atoms with Gasteiger partial charge in [-0.05, 0) is 66.5 Å². The zero-order chi connectivity index (χ0) is 23.6. The molecule has 4 nitrogen and oxygen atoms in total. The minimum atomic E-state index is -0.872. The molecule has 0 atom stereocenters. The quantitative estimate of drug-likeness (QED) is 0.548. The van der Waals surface area contributed by atoms with Crippen molar-refractivity contribution >= 4 is 5.91 Å². The van der Waals surface area contributed by atoms with E-state index in [0.717, 1.165) is 36.0 Å². The Kier molecular flexibility index (Phi) is 6.24. The fourth-order valence-electron chi connectivity index (χ4n) is 5.02. The molecule has 3 aromatic rings. The number of amides is 1. The normalized spacial score (nSPS) is 18.9. The summed E-state index contributed by atoms with van der Waals surface area (Å²) in [5.74, 6) is -0.176. The van der Waals surface area contributed by atoms with Gasteiger partial charge in [-0.15, -0.1) is 0 Å². The van der Waals surface area contributed by atoms with Gasteiger partial charge in [-0.3, -0.25) is 9.69 Å². The molecule has 1 saturated heterocycles. The Hall–Kier alpha value is -3.02. The van der Waals surface area contributed by atoms with Crippen molar-refractivity contribution in [3.05, 3.63) is 107 Å². The van der Waals surface area contributed by atoms with Crippen molar-refractivity contribution in [3.63, 3.8) is 0 Å². The number of likely N-dealkylation sites (tertiary alicyclic amines) is 1. The van der Waals surface area contributed by atoms with E-state index >= 15 is 0 Å². The molecule has 5 rings (SSSR count). The van der Waals surface area contributed by atoms with E-state index in [0.29, 0.717) is 32.5 Å². The molecule has 0 unspecified atom stereocenters. The summed E-state index contributed by atoms with van der Waals surface area (Å²) in [6, 6.07) is 24.8. The maximum Gasteiger partial charge on any atom is 0.234 e. The highest BCUT2D eigenvalue weighted by molar-refractivity contribution is 5.79. The van der Waals surface area contributed by atoms with Gasteiger partial charge in [0.15, 0.2) is 0 Å². The molecule has 5 heteroatoms. The van der Waals surface area contributed by atoms with Crippen LogP contribution in [0.4, 0.5) is 4.39 Å². The fourth-order valence-corrected chi connectivity index (χ4v) is 5.02. The molecule has 2 aliphatic rings. The molecule has 0 radical (unpaired) electrons. The van der Waals surface area contributed by atoms with Crippen molar-refractivity contribution in [1.29, 1.82) is 0 Å². The zero-order valence-electron chi connectivity index (χ0n) is 19.3. The zero-order valence-corrected chi connectivity index (χ0v) is 19.3. The molecule has 3 aromatic carbocycles. The van der Waals surface area contributed by atoms with Crippen molar-refractivity contribution in [2.75, 3.05) is 19.6 Å². The van der Waals surface area contributed by atoms with Gasteiger partial charge in [-0.2, -0.15) is 0 Å². The third-order valence-electron chi connectivity index (χ3n) is 7.32. The summed E-state index contributed by atoms with van der Waals surface area (Å²) < 4.78 is 13.1. The first-order valence-corrected chi connectivity index (χ1v) is 12.1. The number of halogens is 1. The lowest BCUT2D eigenvalue weighted by Crippen LogP contribution is -2.48. The molecule has 0 bridgehead atoms. The molecule has 1 amide bonds. The highest BCUT2D eigenvalue weighted by Crippen LogP contribution is 2.45. The van der Waals surface area contributed by atoms with Gasteiger partial charge in [-0.25, -0.2) is 4.39 Å². The van der Waals surface area contributed by atoms with Gasteiger partial charge in [-0.1, -0.05) is 66.7 Å². The molecule has 2 fully saturated rings. The SMILES string of the molecule is O=C(CN1CCC(O)(c2ccc(Cc3ccc(F)cc3)cc2)CC1)NC1(c2ccccc2)CC1. The second-order valence-corrected chi connectivity index (χ2v) is 9.80. The van der Waals surface area contributed by atoms with E-state index in [9.17, 15) is 14.3 Å². The number of aliphatic hydroxyl groups is 1. The maximum atomic E-state index is 13.1. The van der Waals surface area contributed by atoms with E-state index in [1.165, 1.54) is 17.7 Å². The minimum absolute atomic E-state index is 0.0527. The van der Waals surface area contributed by atoms with Crippen LogP contribution in [0, 0.1) is 5.82 Å². The first-order valence-electron chi connectivity index (χ1n) is 12.1. The summed E-state index contributed by atoms with van der Waals surface area (Å²) in [5, 5.41) is 14.5. The van der Waals surface area contributed by atoms with Crippen LogP contribution in [-0.4, -0.2) is 35.5 Å². The first kappa shape index (κ1) is 22.8. The van der Waals surface area contributed by atoms with Crippen LogP contribution in [-0.2, 0) is 22.4 Å². The topological polar surface area (TPSA) is 52.6 Å². The Morgan fingerprint density at radius 3 is 2.00 bits per heavy atom. The summed E-state index contributed by atoms with van der Waals surface area (Å²) in [7, 11) is 0. The highest BCUT2D eigenvalue weighted by Gasteiger charge is 2.45. The predicted molar refractivity (Wildman–Crippen MR) is 131 cm³/mol. The molecular weight excluding hydrogens is 427 g/mol. The summed E-state index contributed by atoms with van der Waals surface area (Å²) in [5.41, 5.74) is 3.22. The van der Waals surface area contributed by atoms with Crippen LogP contribution in [0.1, 0.15) is 47.9 Å². The number of carbonyl (C=O) groups is 1. The van der Waals surface area contributed by atoms with Crippen LogP contribution < -0.4 is 5.32 Å². The molecule has 0 aromatic heterocycles. The van der Waals surface area contributed by atoms with E-state index < -0.39 is 5.60 Å². The Morgan fingerprint density at radius 1 is 0.824 bits per heavy atom. The lowest BCUT2D eigenvalue weighted by molar-refractivity contribution is -0.124. The van der Waals surface area contributed by atoms with E-state index in [2.05, 4.69) is 22.3 Å². The van der Waals surface area contributed by atoms with Crippen LogP contribution in [0.3, 0.4) is 0 Å². The van der Waals surface area contributed by atoms with Crippen LogP contribution in [0.2, 0.25) is 0 Å². The van der Waals surface area contributed by atoms with Gasteiger partial charge in [0.1, 0.15) is 5.82 Å². The smallest absolute Gasteiger partial charge is 0.234 e. The first-order chi connectivity index (χ1) is 16.4. The van der Waals surface area contributed by atoms with Crippen LogP contribution in [0.25, 0.3) is 0 Å². The number of hydrogen-bond acceptors (Lipinski definition) is 3. The Bertz CT molecular complexity index is 1120. The summed E-state index contributed by atoms with van der Waals surface area (Å²) in [4.78, 5) is 14.9. The summed E-state index contributed by atoms with van der Waals surface area (Å²) in [6.45, 7) is 1.72. The lowest BCUT2D eigenvalue weighted by Gasteiger charge is -2.38. The molecule has 34 heavy (non-hydrogen) atoms. The molecule has 1 aliphatic heterocycles. The predicted octanol–water partition coefficient (Wildman–Crippen LogP) is 4.51. The average molecular weight is 459 g/mol. The number of hydrogen-bond donors (Lipinski definition) is 2. The minimum Gasteiger partial charge on any atom is -0.385 e. The monoisotopic (exact) mass is 458 g/mol. The summed E-state index contributed by atoms with van der Waals surface area (Å²) >= 11 is 0. The fraction of sp³-hybridized carbons (Fsp3) is 0.345. The number of nitrogens with one attached hydrogen (secondary N) is 1. The Balaban J connectivity index is 1.13. The molecule has 176 valence electrons. The van der Waals surface area contributed by atoms with Gasteiger partial charge < -0.3 is 10.4 Å². The molecule has 0 spiro atoms. The standard InChI is InChI=1S/C29H31FN2O2/c30-26-12-8-23(9-13-26)20-22-6-10-25(11-7-22)29(34)16-18-32(19-17-29)21-27(33)31-28(14-15-28)24-4-2-1-3-5-24/h1-13,34H,14-21H2,(H,31,33). The lowest BCUT2D eigenvalue weighted by atomic mass is 9.84. The molecule has 1 aliphatic carbocycles. The van der Waals surface area contributed by atoms with Crippen molar-refractivity contribution in [2.24, 2.45) is 0 Å². The summed E-state index contributed by atoms with van der Waals surface area (Å²) in [6.07, 6.45) is 3.90. The van der Waals surface area contributed by atoms with Crippen molar-refractivity contribution in [1.82, 2.24) is 10.2 Å². The number of piperidine rings is 1. The Morgan fingerprint density at radius 2 is 1.41 bits per heavy atom. The van der Waals surface area contributed by atoms with Gasteiger partial charge >= 0.3 is 0 Å². The van der Waals surface area contributed by atoms with Crippen molar-refractivity contribution < 1.29 is 14.3 Å². The second-order valence-electron chi connectivity index (χ2n) is 9.80. The maximum absolute atomic E-state index is 13.1. The van der Waals surface area contributed by atoms with Crippen LogP contribution in [0.15, 0.2) is 78.9 Å². The van der Waals surface area contributed by atoms with Gasteiger partial charge in [0.2, 0.25) is 5.91 Å². The van der Waals surface area contributed by atoms with Gasteiger partial charge in [0, 0.05) is 13.1 Å². The van der Waals surface area contributed by atoms with Gasteiger partial charge in [0.25, 0.3) is 0 Å². The third kappa shape index (κ3) is 5.06. The number of carbonyl (C=O) groups excluding carboxylic acids is 1. The van der Waals surface area contributed by atoms with Crippen molar-refractivity contribution in [2.45, 2.75) is 43.2 Å². The number of benzene rings is 3. The largest absolute Gasteiger partial charge is 0.385 e.